The molecule has 0 aromatic carbocycles. The third-order valence-corrected chi connectivity index (χ3v) is 2.65. The van der Waals surface area contributed by atoms with E-state index >= 15 is 0 Å². The highest BCUT2D eigenvalue weighted by atomic mass is 16.5. The van der Waals surface area contributed by atoms with Crippen molar-refractivity contribution in [2.24, 2.45) is 5.92 Å². The van der Waals surface area contributed by atoms with Crippen LogP contribution in [-0.2, 0) is 9.53 Å². The van der Waals surface area contributed by atoms with E-state index in [4.69, 9.17) is 4.74 Å². The fourth-order valence-electron chi connectivity index (χ4n) is 1.86. The first-order valence-electron chi connectivity index (χ1n) is 5.45. The summed E-state index contributed by atoms with van der Waals surface area (Å²) in [5.74, 6) is 0.638. The zero-order valence-electron chi connectivity index (χ0n) is 8.55. The molecule has 2 nitrogen and oxygen atoms in total. The van der Waals surface area contributed by atoms with Crippen molar-refractivity contribution in [2.45, 2.75) is 45.4 Å². The zero-order chi connectivity index (χ0) is 9.52. The first-order chi connectivity index (χ1) is 6.34. The number of hydrogen-bond acceptors (Lipinski definition) is 2. The largest absolute Gasteiger partial charge is 0.374 e. The molecule has 0 radical (unpaired) electrons. The molecule has 0 aromatic heterocycles. The van der Waals surface area contributed by atoms with Crippen LogP contribution >= 0.6 is 0 Å². The molecule has 1 aliphatic carbocycles. The second-order valence-corrected chi connectivity index (χ2v) is 3.85. The van der Waals surface area contributed by atoms with Crippen molar-refractivity contribution in [3.05, 3.63) is 0 Å². The summed E-state index contributed by atoms with van der Waals surface area (Å²) in [6.07, 6.45) is 6.94. The molecule has 1 saturated carbocycles. The van der Waals surface area contributed by atoms with Gasteiger partial charge in [0, 0.05) is 12.5 Å². The van der Waals surface area contributed by atoms with Crippen LogP contribution in [0.4, 0.5) is 0 Å². The van der Waals surface area contributed by atoms with Crippen LogP contribution in [-0.4, -0.2) is 19.0 Å². The lowest BCUT2D eigenvalue weighted by molar-refractivity contribution is -0.128. The van der Waals surface area contributed by atoms with E-state index in [1.807, 2.05) is 0 Å². The van der Waals surface area contributed by atoms with E-state index in [0.29, 0.717) is 18.3 Å². The maximum Gasteiger partial charge on any atom is 0.161 e. The molecular weight excluding hydrogens is 164 g/mol. The van der Waals surface area contributed by atoms with E-state index in [1.54, 1.807) is 0 Å². The Balaban J connectivity index is 2.13. The maximum atomic E-state index is 11.5. The third-order valence-electron chi connectivity index (χ3n) is 2.65. The van der Waals surface area contributed by atoms with Crippen molar-refractivity contribution in [1.82, 2.24) is 0 Å². The molecule has 2 heteroatoms. The molecular formula is C11H20O2. The molecule has 0 bridgehead atoms. The number of Topliss-reactive ketones (excluding diaryl/α,β-unsaturated/α-hetero) is 1. The monoisotopic (exact) mass is 184 g/mol. The van der Waals surface area contributed by atoms with Crippen LogP contribution in [0.3, 0.4) is 0 Å². The zero-order valence-corrected chi connectivity index (χ0v) is 8.55. The average Bonchev–Trinajstić information content (AvgIpc) is 2.19. The van der Waals surface area contributed by atoms with E-state index in [0.717, 1.165) is 25.9 Å². The molecule has 1 rings (SSSR count). The summed E-state index contributed by atoms with van der Waals surface area (Å²) in [7, 11) is 0. The molecule has 0 amide bonds. The minimum absolute atomic E-state index is 0.311. The Labute approximate surface area is 80.7 Å². The molecule has 0 N–H and O–H groups in total. The number of ether oxygens (including phenoxy) is 1. The van der Waals surface area contributed by atoms with Crippen LogP contribution in [0, 0.1) is 5.92 Å². The SMILES string of the molecule is CCCOCC(=O)C1CCCCC1. The standard InChI is InChI=1S/C11H20O2/c1-2-8-13-9-11(12)10-6-4-3-5-7-10/h10H,2-9H2,1H3. The highest BCUT2D eigenvalue weighted by molar-refractivity contribution is 5.82. The van der Waals surface area contributed by atoms with Gasteiger partial charge in [-0.3, -0.25) is 4.79 Å². The van der Waals surface area contributed by atoms with E-state index in [2.05, 4.69) is 6.92 Å². The van der Waals surface area contributed by atoms with Gasteiger partial charge in [0.15, 0.2) is 5.78 Å². The predicted molar refractivity (Wildman–Crippen MR) is 52.7 cm³/mol. The van der Waals surface area contributed by atoms with Crippen LogP contribution in [0.5, 0.6) is 0 Å². The molecule has 0 atom stereocenters. The van der Waals surface area contributed by atoms with Crippen LogP contribution in [0.1, 0.15) is 45.4 Å². The molecule has 1 aliphatic rings. The van der Waals surface area contributed by atoms with E-state index in [1.165, 1.54) is 19.3 Å². The Bertz CT molecular complexity index is 148. The van der Waals surface area contributed by atoms with Gasteiger partial charge in [-0.2, -0.15) is 0 Å². The number of carbonyl (C=O) groups is 1. The Kier molecular flexibility index (Phi) is 5.06. The summed E-state index contributed by atoms with van der Waals surface area (Å²) in [4.78, 5) is 11.5. The molecule has 0 unspecified atom stereocenters. The summed E-state index contributed by atoms with van der Waals surface area (Å²) in [5.41, 5.74) is 0. The minimum atomic E-state index is 0.311. The van der Waals surface area contributed by atoms with Crippen molar-refractivity contribution < 1.29 is 9.53 Å². The first kappa shape index (κ1) is 10.7. The highest BCUT2D eigenvalue weighted by Crippen LogP contribution is 2.24. The second-order valence-electron chi connectivity index (χ2n) is 3.85. The predicted octanol–water partition coefficient (Wildman–Crippen LogP) is 2.56. The van der Waals surface area contributed by atoms with Crippen molar-refractivity contribution in [1.29, 1.82) is 0 Å². The Morgan fingerprint density at radius 1 is 1.31 bits per heavy atom. The summed E-state index contributed by atoms with van der Waals surface area (Å²) in [6.45, 7) is 3.13. The lowest BCUT2D eigenvalue weighted by atomic mass is 9.86. The lowest BCUT2D eigenvalue weighted by Gasteiger charge is -2.19. The van der Waals surface area contributed by atoms with E-state index in [9.17, 15) is 4.79 Å². The molecule has 0 heterocycles. The van der Waals surface area contributed by atoms with Gasteiger partial charge in [-0.15, -0.1) is 0 Å². The van der Waals surface area contributed by atoms with Gasteiger partial charge < -0.3 is 4.74 Å². The Morgan fingerprint density at radius 3 is 2.62 bits per heavy atom. The summed E-state index contributed by atoms with van der Waals surface area (Å²) in [5, 5.41) is 0. The molecule has 1 fully saturated rings. The number of rotatable bonds is 5. The topological polar surface area (TPSA) is 26.3 Å². The molecule has 76 valence electrons. The summed E-state index contributed by atoms with van der Waals surface area (Å²) < 4.78 is 5.25. The molecule has 0 spiro atoms. The quantitative estimate of drug-likeness (QED) is 0.614. The fourth-order valence-corrected chi connectivity index (χ4v) is 1.86. The van der Waals surface area contributed by atoms with Crippen LogP contribution in [0.15, 0.2) is 0 Å². The second kappa shape index (κ2) is 6.14. The van der Waals surface area contributed by atoms with Crippen LogP contribution < -0.4 is 0 Å². The minimum Gasteiger partial charge on any atom is -0.374 e. The van der Waals surface area contributed by atoms with Gasteiger partial charge in [-0.1, -0.05) is 26.2 Å². The van der Waals surface area contributed by atoms with Crippen molar-refractivity contribution in [3.8, 4) is 0 Å². The van der Waals surface area contributed by atoms with E-state index < -0.39 is 0 Å². The van der Waals surface area contributed by atoms with Gasteiger partial charge in [0.25, 0.3) is 0 Å². The number of carbonyl (C=O) groups excluding carboxylic acids is 1. The van der Waals surface area contributed by atoms with Crippen LogP contribution in [0.25, 0.3) is 0 Å². The van der Waals surface area contributed by atoms with Gasteiger partial charge in [0.05, 0.1) is 0 Å². The smallest absolute Gasteiger partial charge is 0.161 e. The Hall–Kier alpha value is -0.370. The lowest BCUT2D eigenvalue weighted by Crippen LogP contribution is -2.22. The van der Waals surface area contributed by atoms with Crippen molar-refractivity contribution in [3.63, 3.8) is 0 Å². The third kappa shape index (κ3) is 3.90. The van der Waals surface area contributed by atoms with Crippen molar-refractivity contribution in [2.75, 3.05) is 13.2 Å². The summed E-state index contributed by atoms with van der Waals surface area (Å²) >= 11 is 0. The van der Waals surface area contributed by atoms with Gasteiger partial charge in [0.1, 0.15) is 6.61 Å². The number of hydrogen-bond donors (Lipinski definition) is 0. The molecule has 13 heavy (non-hydrogen) atoms. The van der Waals surface area contributed by atoms with Gasteiger partial charge in [-0.25, -0.2) is 0 Å². The van der Waals surface area contributed by atoms with Crippen LogP contribution in [0.2, 0.25) is 0 Å². The number of ketones is 1. The maximum absolute atomic E-state index is 11.5. The Morgan fingerprint density at radius 2 is 2.00 bits per heavy atom. The summed E-state index contributed by atoms with van der Waals surface area (Å²) in [6, 6.07) is 0. The normalized spacial score (nSPS) is 18.8. The average molecular weight is 184 g/mol. The fraction of sp³-hybridized carbons (Fsp3) is 0.909. The first-order valence-corrected chi connectivity index (χ1v) is 5.45. The molecule has 0 aliphatic heterocycles. The highest BCUT2D eigenvalue weighted by Gasteiger charge is 2.20. The van der Waals surface area contributed by atoms with Gasteiger partial charge in [-0.05, 0) is 19.3 Å². The molecule has 0 saturated heterocycles. The van der Waals surface area contributed by atoms with E-state index in [-0.39, 0.29) is 0 Å². The molecule has 0 aromatic rings. The van der Waals surface area contributed by atoms with Crippen molar-refractivity contribution >= 4 is 5.78 Å². The van der Waals surface area contributed by atoms with Gasteiger partial charge in [0.2, 0.25) is 0 Å². The van der Waals surface area contributed by atoms with Gasteiger partial charge >= 0.3 is 0 Å².